The summed E-state index contributed by atoms with van der Waals surface area (Å²) in [6.07, 6.45) is 0.321. The highest BCUT2D eigenvalue weighted by Crippen LogP contribution is 2.36. The van der Waals surface area contributed by atoms with Gasteiger partial charge in [0, 0.05) is 33.8 Å². The molecule has 0 aliphatic carbocycles. The molecule has 9 nitrogen and oxygen atoms in total. The second-order valence-corrected chi connectivity index (χ2v) is 8.95. The van der Waals surface area contributed by atoms with Crippen LogP contribution in [0.2, 0.25) is 0 Å². The molecular formula is C25H34F2N2O7. The maximum Gasteiger partial charge on any atom is 0.359 e. The fourth-order valence-electron chi connectivity index (χ4n) is 4.16. The van der Waals surface area contributed by atoms with Crippen LogP contribution in [0.4, 0.5) is 8.78 Å². The molecule has 0 bridgehead atoms. The van der Waals surface area contributed by atoms with E-state index in [9.17, 15) is 23.2 Å². The van der Waals surface area contributed by atoms with Crippen molar-refractivity contribution >= 4 is 11.9 Å². The minimum Gasteiger partial charge on any atom is -0.491 e. The van der Waals surface area contributed by atoms with Crippen molar-refractivity contribution in [3.05, 3.63) is 62.6 Å². The number of methoxy groups -OCH3 is 2. The number of amides is 1. The SMILES string of the molecule is COc1c(C(=O)OC(C)C)n(C2(C)CCOC2OC)cc(C(=O)NCc2ccc(F)c(C)c2F)c1=O.[HH].[HH]. The minimum absolute atomic E-state index is 0. The highest BCUT2D eigenvalue weighted by Gasteiger charge is 2.45. The zero-order valence-electron chi connectivity index (χ0n) is 21.1. The molecule has 11 heteroatoms. The number of benzene rings is 1. The van der Waals surface area contributed by atoms with Gasteiger partial charge in [-0.15, -0.1) is 0 Å². The van der Waals surface area contributed by atoms with Crippen LogP contribution >= 0.6 is 0 Å². The van der Waals surface area contributed by atoms with Gasteiger partial charge in [0.15, 0.2) is 17.7 Å². The summed E-state index contributed by atoms with van der Waals surface area (Å²) in [4.78, 5) is 39.4. The molecule has 2 heterocycles. The number of halogens is 2. The Bertz CT molecular complexity index is 1240. The first kappa shape index (κ1) is 27.3. The van der Waals surface area contributed by atoms with E-state index in [1.165, 1.54) is 38.0 Å². The van der Waals surface area contributed by atoms with Crippen molar-refractivity contribution in [2.45, 2.75) is 58.6 Å². The van der Waals surface area contributed by atoms with Crippen LogP contribution in [0.25, 0.3) is 0 Å². The van der Waals surface area contributed by atoms with Crippen molar-refractivity contribution in [1.29, 1.82) is 0 Å². The Morgan fingerprint density at radius 2 is 2.00 bits per heavy atom. The smallest absolute Gasteiger partial charge is 0.359 e. The molecule has 36 heavy (non-hydrogen) atoms. The van der Waals surface area contributed by atoms with Gasteiger partial charge in [0.25, 0.3) is 5.91 Å². The van der Waals surface area contributed by atoms with Crippen molar-refractivity contribution in [3.63, 3.8) is 0 Å². The summed E-state index contributed by atoms with van der Waals surface area (Å²) in [6.45, 7) is 6.35. The molecule has 0 saturated carbocycles. The van der Waals surface area contributed by atoms with E-state index < -0.39 is 46.9 Å². The normalized spacial score (nSPS) is 19.4. The van der Waals surface area contributed by atoms with Crippen molar-refractivity contribution in [1.82, 2.24) is 9.88 Å². The van der Waals surface area contributed by atoms with Crippen LogP contribution in [-0.4, -0.2) is 49.7 Å². The van der Waals surface area contributed by atoms with E-state index in [2.05, 4.69) is 5.32 Å². The molecule has 1 aromatic carbocycles. The van der Waals surface area contributed by atoms with E-state index in [0.717, 1.165) is 6.07 Å². The van der Waals surface area contributed by atoms with Crippen LogP contribution < -0.4 is 15.5 Å². The van der Waals surface area contributed by atoms with E-state index in [-0.39, 0.29) is 37.5 Å². The Kier molecular flexibility index (Phi) is 8.15. The Labute approximate surface area is 210 Å². The van der Waals surface area contributed by atoms with Gasteiger partial charge >= 0.3 is 5.97 Å². The van der Waals surface area contributed by atoms with Crippen molar-refractivity contribution < 1.29 is 40.2 Å². The summed E-state index contributed by atoms with van der Waals surface area (Å²) in [5.74, 6) is -3.55. The highest BCUT2D eigenvalue weighted by molar-refractivity contribution is 5.97. The third kappa shape index (κ3) is 4.98. The average Bonchev–Trinajstić information content (AvgIpc) is 3.22. The van der Waals surface area contributed by atoms with Gasteiger partial charge in [-0.3, -0.25) is 9.59 Å². The third-order valence-electron chi connectivity index (χ3n) is 6.14. The summed E-state index contributed by atoms with van der Waals surface area (Å²) >= 11 is 0. The molecule has 0 spiro atoms. The number of hydrogen-bond acceptors (Lipinski definition) is 7. The summed E-state index contributed by atoms with van der Waals surface area (Å²) in [7, 11) is 2.64. The second kappa shape index (κ2) is 10.8. The van der Waals surface area contributed by atoms with Crippen molar-refractivity contribution in [2.75, 3.05) is 20.8 Å². The molecule has 1 aromatic heterocycles. The lowest BCUT2D eigenvalue weighted by molar-refractivity contribution is -0.132. The summed E-state index contributed by atoms with van der Waals surface area (Å²) in [5, 5.41) is 2.48. The summed E-state index contributed by atoms with van der Waals surface area (Å²) in [6, 6.07) is 2.30. The van der Waals surface area contributed by atoms with Gasteiger partial charge in [-0.05, 0) is 40.2 Å². The number of ether oxygens (including phenoxy) is 4. The highest BCUT2D eigenvalue weighted by atomic mass is 19.1. The van der Waals surface area contributed by atoms with E-state index in [1.54, 1.807) is 20.8 Å². The van der Waals surface area contributed by atoms with E-state index >= 15 is 0 Å². The maximum atomic E-state index is 14.4. The standard InChI is InChI=1S/C25H30F2N2O7.2H2/c1-13(2)36-23(32)19-21(33-5)20(30)16(12-29(19)25(4)9-10-35-24(25)34-6)22(31)28-11-15-7-8-17(26)14(3)18(15)27;;/h7-8,12-13,24H,9-11H2,1-6H3,(H,28,31);2*1H. The first-order valence-electron chi connectivity index (χ1n) is 11.4. The lowest BCUT2D eigenvalue weighted by atomic mass is 9.97. The molecule has 2 atom stereocenters. The third-order valence-corrected chi connectivity index (χ3v) is 6.14. The fraction of sp³-hybridized carbons (Fsp3) is 0.480. The predicted octanol–water partition coefficient (Wildman–Crippen LogP) is 3.54. The Morgan fingerprint density at radius 1 is 1.31 bits per heavy atom. The quantitative estimate of drug-likeness (QED) is 0.540. The number of carbonyl (C=O) groups excluding carboxylic acids is 2. The topological polar surface area (TPSA) is 105 Å². The number of esters is 1. The van der Waals surface area contributed by atoms with E-state index in [4.69, 9.17) is 18.9 Å². The molecule has 1 aliphatic heterocycles. The van der Waals surface area contributed by atoms with Crippen LogP contribution in [-0.2, 0) is 26.3 Å². The first-order valence-corrected chi connectivity index (χ1v) is 11.4. The first-order chi connectivity index (χ1) is 17.0. The molecule has 1 N–H and O–H groups in total. The zero-order valence-corrected chi connectivity index (χ0v) is 21.1. The van der Waals surface area contributed by atoms with Crippen LogP contribution in [0.15, 0.2) is 23.1 Å². The lowest BCUT2D eigenvalue weighted by Gasteiger charge is -2.34. The Hall–Kier alpha value is -3.31. The molecule has 1 fully saturated rings. The molecule has 1 saturated heterocycles. The number of rotatable bonds is 8. The van der Waals surface area contributed by atoms with E-state index in [1.807, 2.05) is 0 Å². The predicted molar refractivity (Wildman–Crippen MR) is 129 cm³/mol. The number of carbonyl (C=O) groups is 2. The molecule has 0 radical (unpaired) electrons. The lowest BCUT2D eigenvalue weighted by Crippen LogP contribution is -2.44. The van der Waals surface area contributed by atoms with Crippen LogP contribution in [0.5, 0.6) is 5.75 Å². The number of pyridine rings is 1. The van der Waals surface area contributed by atoms with Gasteiger partial charge in [0.1, 0.15) is 17.2 Å². The Morgan fingerprint density at radius 3 is 2.61 bits per heavy atom. The second-order valence-electron chi connectivity index (χ2n) is 8.95. The number of aromatic nitrogens is 1. The van der Waals surface area contributed by atoms with Crippen molar-refractivity contribution in [2.24, 2.45) is 0 Å². The van der Waals surface area contributed by atoms with Gasteiger partial charge in [-0.1, -0.05) is 6.07 Å². The molecule has 3 rings (SSSR count). The maximum absolute atomic E-state index is 14.4. The number of nitrogens with one attached hydrogen (secondary N) is 1. The zero-order chi connectivity index (χ0) is 26.8. The van der Waals surface area contributed by atoms with Gasteiger partial charge in [-0.25, -0.2) is 13.6 Å². The molecule has 2 aromatic rings. The van der Waals surface area contributed by atoms with Crippen LogP contribution in [0.3, 0.4) is 0 Å². The number of nitrogens with zero attached hydrogens (tertiary/aromatic N) is 1. The number of hydrogen-bond donors (Lipinski definition) is 1. The molecule has 200 valence electrons. The van der Waals surface area contributed by atoms with Crippen LogP contribution in [0.1, 0.15) is 62.0 Å². The largest absolute Gasteiger partial charge is 0.491 e. The van der Waals surface area contributed by atoms with Gasteiger partial charge in [0.2, 0.25) is 5.43 Å². The minimum atomic E-state index is -1.00. The molecule has 2 unspecified atom stereocenters. The molecule has 1 aliphatic rings. The van der Waals surface area contributed by atoms with Crippen molar-refractivity contribution in [3.8, 4) is 5.75 Å². The summed E-state index contributed by atoms with van der Waals surface area (Å²) in [5.41, 5.74) is -2.54. The van der Waals surface area contributed by atoms with Gasteiger partial charge in [0.05, 0.1) is 25.4 Å². The average molecular weight is 513 g/mol. The van der Waals surface area contributed by atoms with Gasteiger partial charge < -0.3 is 28.8 Å². The Balaban J connectivity index is 0.00000361. The van der Waals surface area contributed by atoms with Crippen LogP contribution in [0, 0.1) is 18.6 Å². The fourth-order valence-corrected chi connectivity index (χ4v) is 4.16. The molecule has 1 amide bonds. The van der Waals surface area contributed by atoms with Gasteiger partial charge in [-0.2, -0.15) is 0 Å². The summed E-state index contributed by atoms with van der Waals surface area (Å²) < 4.78 is 51.2. The monoisotopic (exact) mass is 512 g/mol. The molecular weight excluding hydrogens is 478 g/mol. The van der Waals surface area contributed by atoms with E-state index in [0.29, 0.717) is 13.0 Å².